The van der Waals surface area contributed by atoms with Gasteiger partial charge in [-0.05, 0) is 24.6 Å². The number of rotatable bonds is 4. The molecule has 1 aliphatic carbocycles. The molecule has 2 rings (SSSR count). The molecule has 1 fully saturated rings. The van der Waals surface area contributed by atoms with Gasteiger partial charge in [0.05, 0.1) is 11.9 Å². The molecule has 0 unspecified atom stereocenters. The Hall–Kier alpha value is -1.11. The number of halogens is 1. The van der Waals surface area contributed by atoms with Crippen molar-refractivity contribution in [3.63, 3.8) is 0 Å². The fourth-order valence-electron chi connectivity index (χ4n) is 2.63. The molecule has 0 spiro atoms. The average Bonchev–Trinajstić information content (AvgIpc) is 2.98. The van der Waals surface area contributed by atoms with Crippen LogP contribution in [0.25, 0.3) is 0 Å². The second-order valence-corrected chi connectivity index (χ2v) is 7.54. The van der Waals surface area contributed by atoms with Crippen LogP contribution in [0, 0.1) is 0 Å². The molecule has 2 N–H and O–H groups in total. The summed E-state index contributed by atoms with van der Waals surface area (Å²) in [5.74, 6) is -1.32. The first-order chi connectivity index (χ1) is 9.22. The Kier molecular flexibility index (Phi) is 3.83. The third kappa shape index (κ3) is 2.43. The summed E-state index contributed by atoms with van der Waals surface area (Å²) < 4.78 is 28.6. The molecule has 0 bridgehead atoms. The molecular weight excluding hydrogens is 302 g/mol. The number of ether oxygens (including phenoxy) is 1. The maximum absolute atomic E-state index is 12.0. The summed E-state index contributed by atoms with van der Waals surface area (Å²) in [6.45, 7) is 1.80. The smallest absolute Gasteiger partial charge is 0.328 e. The van der Waals surface area contributed by atoms with Crippen molar-refractivity contribution in [2.45, 2.75) is 23.6 Å². The van der Waals surface area contributed by atoms with Crippen molar-refractivity contribution in [2.24, 2.45) is 5.73 Å². The monoisotopic (exact) mass is 317 g/mol. The summed E-state index contributed by atoms with van der Waals surface area (Å²) in [5, 5.41) is -0.514. The lowest BCUT2D eigenvalue weighted by molar-refractivity contribution is -0.145. The van der Waals surface area contributed by atoms with Crippen molar-refractivity contribution >= 4 is 27.4 Å². The first-order valence-electron chi connectivity index (χ1n) is 6.13. The molecule has 110 valence electrons. The fourth-order valence-corrected chi connectivity index (χ4v) is 4.57. The molecule has 1 aliphatic rings. The minimum atomic E-state index is -3.48. The highest BCUT2D eigenvalue weighted by Crippen LogP contribution is 2.54. The zero-order chi connectivity index (χ0) is 15.1. The van der Waals surface area contributed by atoms with Crippen molar-refractivity contribution in [2.75, 3.05) is 12.9 Å². The van der Waals surface area contributed by atoms with Gasteiger partial charge in [-0.2, -0.15) is 0 Å². The van der Waals surface area contributed by atoms with Crippen LogP contribution in [0.3, 0.4) is 0 Å². The average molecular weight is 318 g/mol. The third-order valence-corrected chi connectivity index (χ3v) is 5.30. The summed E-state index contributed by atoms with van der Waals surface area (Å²) in [6, 6.07) is 6.70. The molecule has 0 aliphatic heterocycles. The van der Waals surface area contributed by atoms with E-state index in [9.17, 15) is 13.2 Å². The van der Waals surface area contributed by atoms with Gasteiger partial charge in [-0.15, -0.1) is 0 Å². The molecule has 1 aromatic rings. The van der Waals surface area contributed by atoms with Gasteiger partial charge in [-0.25, -0.2) is 13.2 Å². The van der Waals surface area contributed by atoms with Crippen LogP contribution in [0.5, 0.6) is 0 Å². The molecule has 7 heteroatoms. The lowest BCUT2D eigenvalue weighted by Gasteiger charge is -2.10. The Morgan fingerprint density at radius 1 is 1.50 bits per heavy atom. The van der Waals surface area contributed by atoms with Gasteiger partial charge >= 0.3 is 5.97 Å². The number of sulfone groups is 1. The minimum absolute atomic E-state index is 0.149. The Labute approximate surface area is 123 Å². The van der Waals surface area contributed by atoms with E-state index in [1.807, 2.05) is 0 Å². The van der Waals surface area contributed by atoms with Crippen LogP contribution < -0.4 is 5.73 Å². The molecule has 3 atom stereocenters. The van der Waals surface area contributed by atoms with Crippen LogP contribution in [-0.2, 0) is 19.4 Å². The first-order valence-corrected chi connectivity index (χ1v) is 8.46. The van der Waals surface area contributed by atoms with Crippen molar-refractivity contribution in [3.8, 4) is 0 Å². The van der Waals surface area contributed by atoms with Crippen LogP contribution in [-0.4, -0.2) is 38.0 Å². The van der Waals surface area contributed by atoms with E-state index in [-0.39, 0.29) is 6.61 Å². The summed E-state index contributed by atoms with van der Waals surface area (Å²) in [7, 11) is -3.48. The van der Waals surface area contributed by atoms with Gasteiger partial charge in [-0.1, -0.05) is 23.7 Å². The normalized spacial score (nSPS) is 29.0. The third-order valence-electron chi connectivity index (χ3n) is 3.48. The lowest BCUT2D eigenvalue weighted by Crippen LogP contribution is -2.41. The summed E-state index contributed by atoms with van der Waals surface area (Å²) >= 11 is 5.91. The van der Waals surface area contributed by atoms with Gasteiger partial charge in [0.2, 0.25) is 0 Å². The number of carbonyl (C=O) groups is 1. The van der Waals surface area contributed by atoms with E-state index in [0.29, 0.717) is 10.6 Å². The zero-order valence-electron chi connectivity index (χ0n) is 11.2. The molecule has 20 heavy (non-hydrogen) atoms. The predicted molar refractivity (Wildman–Crippen MR) is 76.4 cm³/mol. The first kappa shape index (κ1) is 15.3. The molecular formula is C13H16ClNO4S. The number of esters is 1. The number of hydrogen-bond acceptors (Lipinski definition) is 5. The van der Waals surface area contributed by atoms with Crippen molar-refractivity contribution in [3.05, 3.63) is 34.9 Å². The van der Waals surface area contributed by atoms with Crippen LogP contribution >= 0.6 is 11.6 Å². The lowest BCUT2D eigenvalue weighted by atomic mass is 10.1. The van der Waals surface area contributed by atoms with Crippen LogP contribution in [0.1, 0.15) is 18.4 Å². The summed E-state index contributed by atoms with van der Waals surface area (Å²) in [6.07, 6.45) is 1.07. The van der Waals surface area contributed by atoms with E-state index in [1.54, 1.807) is 31.2 Å². The second-order valence-electron chi connectivity index (χ2n) is 4.94. The number of carbonyl (C=O) groups excluding carboxylic acids is 1. The quantitative estimate of drug-likeness (QED) is 0.841. The molecule has 5 nitrogen and oxygen atoms in total. The second kappa shape index (κ2) is 5.02. The van der Waals surface area contributed by atoms with E-state index in [4.69, 9.17) is 22.1 Å². The number of benzene rings is 1. The van der Waals surface area contributed by atoms with Gasteiger partial charge in [0, 0.05) is 17.2 Å². The standard InChI is InChI=1S/C13H16ClNO4S/c1-3-19-12(16)13(15)10(11(13)20(2,17)18)8-5-4-6-9(14)7-8/h4-7,10-11H,3,15H2,1-2H3/t10-,11-,13-/m0/s1. The highest BCUT2D eigenvalue weighted by atomic mass is 35.5. The summed E-state index contributed by atoms with van der Waals surface area (Å²) in [4.78, 5) is 12.0. The van der Waals surface area contributed by atoms with E-state index >= 15 is 0 Å². The largest absolute Gasteiger partial charge is 0.465 e. The maximum atomic E-state index is 12.0. The highest BCUT2D eigenvalue weighted by molar-refractivity contribution is 7.91. The Morgan fingerprint density at radius 3 is 2.65 bits per heavy atom. The van der Waals surface area contributed by atoms with Gasteiger partial charge < -0.3 is 10.5 Å². The molecule has 0 aromatic heterocycles. The van der Waals surface area contributed by atoms with Gasteiger partial charge in [-0.3, -0.25) is 0 Å². The topological polar surface area (TPSA) is 86.5 Å². The summed E-state index contributed by atoms with van der Waals surface area (Å²) in [5.41, 5.74) is 5.13. The molecule has 1 aromatic carbocycles. The predicted octanol–water partition coefficient (Wildman–Crippen LogP) is 1.11. The van der Waals surface area contributed by atoms with Crippen LogP contribution in [0.4, 0.5) is 0 Å². The van der Waals surface area contributed by atoms with E-state index in [2.05, 4.69) is 0 Å². The van der Waals surface area contributed by atoms with E-state index in [1.165, 1.54) is 0 Å². The van der Waals surface area contributed by atoms with E-state index in [0.717, 1.165) is 6.26 Å². The zero-order valence-corrected chi connectivity index (χ0v) is 12.7. The fraction of sp³-hybridized carbons (Fsp3) is 0.462. The van der Waals surface area contributed by atoms with Gasteiger partial charge in [0.15, 0.2) is 9.84 Å². The molecule has 0 saturated heterocycles. The maximum Gasteiger partial charge on any atom is 0.328 e. The van der Waals surface area contributed by atoms with Crippen molar-refractivity contribution in [1.29, 1.82) is 0 Å². The van der Waals surface area contributed by atoms with Gasteiger partial charge in [0.25, 0.3) is 0 Å². The molecule has 0 amide bonds. The SMILES string of the molecule is CCOC(=O)[C@]1(N)[C@@H](c2cccc(Cl)c2)[C@@H]1S(C)(=O)=O. The Morgan fingerprint density at radius 2 is 2.15 bits per heavy atom. The molecule has 0 radical (unpaired) electrons. The molecule has 0 heterocycles. The minimum Gasteiger partial charge on any atom is -0.465 e. The Bertz CT molecular complexity index is 646. The van der Waals surface area contributed by atoms with Crippen molar-refractivity contribution < 1.29 is 17.9 Å². The van der Waals surface area contributed by atoms with Crippen LogP contribution in [0.15, 0.2) is 24.3 Å². The number of nitrogens with two attached hydrogens (primary N) is 1. The van der Waals surface area contributed by atoms with Crippen molar-refractivity contribution in [1.82, 2.24) is 0 Å². The Balaban J connectivity index is 2.44. The number of hydrogen-bond donors (Lipinski definition) is 1. The van der Waals surface area contributed by atoms with Gasteiger partial charge in [0.1, 0.15) is 5.54 Å². The highest BCUT2D eigenvalue weighted by Gasteiger charge is 2.73. The molecule has 1 saturated carbocycles. The van der Waals surface area contributed by atoms with E-state index < -0.39 is 32.5 Å². The van der Waals surface area contributed by atoms with Crippen LogP contribution in [0.2, 0.25) is 5.02 Å².